The largest absolute Gasteiger partial charge is 0.383 e. The standard InChI is InChI=1S/C16H23FN4O2/c1-23-10-9-21-14(22)3-5-16(21)4-2-7-20(8-6-16)15-18-11-13(17)12-19-15/h11-12H,2-10H2,1H3/t16-/m1/s1. The number of halogens is 1. The van der Waals surface area contributed by atoms with Gasteiger partial charge in [-0.1, -0.05) is 0 Å². The van der Waals surface area contributed by atoms with Gasteiger partial charge in [-0.25, -0.2) is 14.4 Å². The second-order valence-electron chi connectivity index (χ2n) is 6.30. The molecule has 126 valence electrons. The van der Waals surface area contributed by atoms with Crippen LogP contribution in [0.2, 0.25) is 0 Å². The van der Waals surface area contributed by atoms with Gasteiger partial charge in [-0.2, -0.15) is 0 Å². The predicted molar refractivity (Wildman–Crippen MR) is 83.6 cm³/mol. The normalized spacial score (nSPS) is 25.2. The zero-order valence-corrected chi connectivity index (χ0v) is 13.5. The maximum atomic E-state index is 13.0. The average molecular weight is 322 g/mol. The molecule has 7 heteroatoms. The zero-order chi connectivity index (χ0) is 16.3. The number of carbonyl (C=O) groups excluding carboxylic acids is 1. The van der Waals surface area contributed by atoms with Gasteiger partial charge in [0.2, 0.25) is 11.9 Å². The summed E-state index contributed by atoms with van der Waals surface area (Å²) in [6.45, 7) is 2.84. The number of ether oxygens (including phenoxy) is 1. The topological polar surface area (TPSA) is 58.6 Å². The van der Waals surface area contributed by atoms with Crippen molar-refractivity contribution in [1.29, 1.82) is 0 Å². The van der Waals surface area contributed by atoms with Crippen molar-refractivity contribution in [3.05, 3.63) is 18.2 Å². The lowest BCUT2D eigenvalue weighted by atomic mass is 9.88. The van der Waals surface area contributed by atoms with Crippen LogP contribution in [-0.4, -0.2) is 59.7 Å². The van der Waals surface area contributed by atoms with Crippen molar-refractivity contribution >= 4 is 11.9 Å². The SMILES string of the molecule is COCCN1C(=O)CC[C@@]12CCCN(c1ncc(F)cn1)CC2. The van der Waals surface area contributed by atoms with Gasteiger partial charge >= 0.3 is 0 Å². The van der Waals surface area contributed by atoms with Gasteiger partial charge in [0.1, 0.15) is 0 Å². The highest BCUT2D eigenvalue weighted by molar-refractivity contribution is 5.79. The number of methoxy groups -OCH3 is 1. The zero-order valence-electron chi connectivity index (χ0n) is 13.5. The number of anilines is 1. The fourth-order valence-corrected chi connectivity index (χ4v) is 3.79. The number of nitrogens with zero attached hydrogens (tertiary/aromatic N) is 4. The smallest absolute Gasteiger partial charge is 0.225 e. The molecule has 2 saturated heterocycles. The summed E-state index contributed by atoms with van der Waals surface area (Å²) in [4.78, 5) is 24.5. The molecule has 1 spiro atoms. The molecule has 0 aromatic carbocycles. The summed E-state index contributed by atoms with van der Waals surface area (Å²) in [5.41, 5.74) is -0.0651. The van der Waals surface area contributed by atoms with Crippen molar-refractivity contribution in [1.82, 2.24) is 14.9 Å². The van der Waals surface area contributed by atoms with Crippen LogP contribution in [0.4, 0.5) is 10.3 Å². The summed E-state index contributed by atoms with van der Waals surface area (Å²) in [6.07, 6.45) is 6.78. The van der Waals surface area contributed by atoms with Gasteiger partial charge in [0.25, 0.3) is 0 Å². The lowest BCUT2D eigenvalue weighted by Crippen LogP contribution is -2.47. The van der Waals surface area contributed by atoms with Gasteiger partial charge in [0, 0.05) is 38.7 Å². The molecular weight excluding hydrogens is 299 g/mol. The maximum Gasteiger partial charge on any atom is 0.225 e. The number of hydrogen-bond acceptors (Lipinski definition) is 5. The minimum atomic E-state index is -0.424. The summed E-state index contributed by atoms with van der Waals surface area (Å²) >= 11 is 0. The molecule has 1 amide bonds. The highest BCUT2D eigenvalue weighted by Gasteiger charge is 2.45. The Morgan fingerprint density at radius 3 is 2.78 bits per heavy atom. The molecule has 0 bridgehead atoms. The first kappa shape index (κ1) is 16.1. The molecule has 2 fully saturated rings. The van der Waals surface area contributed by atoms with Gasteiger partial charge in [0.15, 0.2) is 5.82 Å². The van der Waals surface area contributed by atoms with E-state index in [4.69, 9.17) is 4.74 Å². The Morgan fingerprint density at radius 1 is 1.26 bits per heavy atom. The number of aromatic nitrogens is 2. The van der Waals surface area contributed by atoms with Crippen molar-refractivity contribution in [3.8, 4) is 0 Å². The monoisotopic (exact) mass is 322 g/mol. The molecule has 0 saturated carbocycles. The van der Waals surface area contributed by atoms with E-state index in [9.17, 15) is 9.18 Å². The third-order valence-corrected chi connectivity index (χ3v) is 5.00. The number of carbonyl (C=O) groups is 1. The van der Waals surface area contributed by atoms with Gasteiger partial charge < -0.3 is 14.5 Å². The van der Waals surface area contributed by atoms with Crippen LogP contribution in [0.25, 0.3) is 0 Å². The molecule has 1 aromatic heterocycles. The van der Waals surface area contributed by atoms with Crippen LogP contribution in [0.5, 0.6) is 0 Å². The molecule has 0 aliphatic carbocycles. The first-order chi connectivity index (χ1) is 11.1. The van der Waals surface area contributed by atoms with Crippen molar-refractivity contribution in [2.75, 3.05) is 38.3 Å². The van der Waals surface area contributed by atoms with Crippen molar-refractivity contribution in [2.24, 2.45) is 0 Å². The molecule has 1 aromatic rings. The molecule has 1 atom stereocenters. The Kier molecular flexibility index (Phi) is 4.75. The van der Waals surface area contributed by atoms with E-state index in [-0.39, 0.29) is 11.4 Å². The molecule has 6 nitrogen and oxygen atoms in total. The number of rotatable bonds is 4. The van der Waals surface area contributed by atoms with Crippen molar-refractivity contribution < 1.29 is 13.9 Å². The maximum absolute atomic E-state index is 13.0. The molecule has 2 aliphatic heterocycles. The molecule has 2 aliphatic rings. The van der Waals surface area contributed by atoms with Gasteiger partial charge in [-0.15, -0.1) is 0 Å². The lowest BCUT2D eigenvalue weighted by molar-refractivity contribution is -0.132. The predicted octanol–water partition coefficient (Wildman–Crippen LogP) is 1.61. The molecule has 3 rings (SSSR count). The second-order valence-corrected chi connectivity index (χ2v) is 6.30. The minimum absolute atomic E-state index is 0.0651. The molecule has 0 radical (unpaired) electrons. The summed E-state index contributed by atoms with van der Waals surface area (Å²) in [5.74, 6) is 0.372. The van der Waals surface area contributed by atoms with Gasteiger partial charge in [-0.3, -0.25) is 4.79 Å². The van der Waals surface area contributed by atoms with Crippen LogP contribution < -0.4 is 4.90 Å². The molecule has 3 heterocycles. The van der Waals surface area contributed by atoms with Crippen LogP contribution in [0, 0.1) is 5.82 Å². The van der Waals surface area contributed by atoms with Gasteiger partial charge in [0.05, 0.1) is 19.0 Å². The van der Waals surface area contributed by atoms with Crippen LogP contribution in [0.1, 0.15) is 32.1 Å². The van der Waals surface area contributed by atoms with Crippen LogP contribution in [0.3, 0.4) is 0 Å². The van der Waals surface area contributed by atoms with Gasteiger partial charge in [-0.05, 0) is 25.7 Å². The lowest BCUT2D eigenvalue weighted by Gasteiger charge is -2.38. The van der Waals surface area contributed by atoms with E-state index >= 15 is 0 Å². The van der Waals surface area contributed by atoms with E-state index in [0.29, 0.717) is 25.5 Å². The third kappa shape index (κ3) is 3.29. The summed E-state index contributed by atoms with van der Waals surface area (Å²) in [5, 5.41) is 0. The summed E-state index contributed by atoms with van der Waals surface area (Å²) in [7, 11) is 1.66. The number of amides is 1. The Balaban J connectivity index is 1.72. The second kappa shape index (κ2) is 6.78. The average Bonchev–Trinajstić information content (AvgIpc) is 2.73. The first-order valence-electron chi connectivity index (χ1n) is 8.16. The van der Waals surface area contributed by atoms with E-state index < -0.39 is 5.82 Å². The summed E-state index contributed by atoms with van der Waals surface area (Å²) in [6, 6.07) is 0. The quantitative estimate of drug-likeness (QED) is 0.843. The fourth-order valence-electron chi connectivity index (χ4n) is 3.79. The Bertz CT molecular complexity index is 554. The molecule has 0 N–H and O–H groups in total. The minimum Gasteiger partial charge on any atom is -0.383 e. The highest BCUT2D eigenvalue weighted by atomic mass is 19.1. The highest BCUT2D eigenvalue weighted by Crippen LogP contribution is 2.39. The third-order valence-electron chi connectivity index (χ3n) is 5.00. The molecular formula is C16H23FN4O2. The van der Waals surface area contributed by atoms with E-state index in [0.717, 1.165) is 38.8 Å². The fraction of sp³-hybridized carbons (Fsp3) is 0.688. The van der Waals surface area contributed by atoms with Crippen molar-refractivity contribution in [2.45, 2.75) is 37.6 Å². The van der Waals surface area contributed by atoms with Crippen LogP contribution >= 0.6 is 0 Å². The van der Waals surface area contributed by atoms with Crippen molar-refractivity contribution in [3.63, 3.8) is 0 Å². The van der Waals surface area contributed by atoms with E-state index in [1.54, 1.807) is 7.11 Å². The van der Waals surface area contributed by atoms with Crippen LogP contribution in [-0.2, 0) is 9.53 Å². The molecule has 0 unspecified atom stereocenters. The Hall–Kier alpha value is -1.76. The Morgan fingerprint density at radius 2 is 2.04 bits per heavy atom. The van der Waals surface area contributed by atoms with Crippen LogP contribution in [0.15, 0.2) is 12.4 Å². The van der Waals surface area contributed by atoms with E-state index in [2.05, 4.69) is 14.9 Å². The first-order valence-corrected chi connectivity index (χ1v) is 8.16. The number of hydrogen-bond donors (Lipinski definition) is 0. The summed E-state index contributed by atoms with van der Waals surface area (Å²) < 4.78 is 18.1. The van der Waals surface area contributed by atoms with E-state index in [1.807, 2.05) is 4.90 Å². The number of likely N-dealkylation sites (tertiary alicyclic amines) is 1. The Labute approximate surface area is 135 Å². The molecule has 23 heavy (non-hydrogen) atoms. The van der Waals surface area contributed by atoms with E-state index in [1.165, 1.54) is 12.4 Å².